The largest absolute Gasteiger partial charge is 0.368 e. The maximum absolute atomic E-state index is 10.9. The third kappa shape index (κ3) is 3.53. The number of nitro groups is 1. The summed E-state index contributed by atoms with van der Waals surface area (Å²) in [6, 6.07) is 0. The van der Waals surface area contributed by atoms with Gasteiger partial charge in [0.05, 0.1) is 4.92 Å². The Balaban J connectivity index is 1.94. The number of nitrogens with one attached hydrogen (secondary N) is 1. The minimum absolute atomic E-state index is 0.0407. The van der Waals surface area contributed by atoms with Gasteiger partial charge in [0, 0.05) is 6.54 Å². The Morgan fingerprint density at radius 3 is 2.85 bits per heavy atom. The smallest absolute Gasteiger partial charge is 0.329 e. The molecule has 1 aromatic heterocycles. The van der Waals surface area contributed by atoms with E-state index in [0.717, 1.165) is 38.7 Å². The van der Waals surface area contributed by atoms with Crippen LogP contribution in [0, 0.1) is 16.0 Å². The summed E-state index contributed by atoms with van der Waals surface area (Å²) in [5.74, 6) is 0.757. The molecule has 0 unspecified atom stereocenters. The predicted molar refractivity (Wildman–Crippen MR) is 76.4 cm³/mol. The molecule has 20 heavy (non-hydrogen) atoms. The monoisotopic (exact) mass is 280 g/mol. The van der Waals surface area contributed by atoms with Gasteiger partial charge < -0.3 is 16.0 Å². The van der Waals surface area contributed by atoms with Crippen molar-refractivity contribution in [2.45, 2.75) is 19.8 Å². The standard InChI is InChI=1S/C12H20N6O2/c1-2-17-5-3-9(4-6-17)7-14-11-10(18(19)20)8-15-12(13)16-11/h8-9H,2-7H2,1H3,(H3,13,14,15,16). The number of nitrogen functional groups attached to an aromatic ring is 1. The van der Waals surface area contributed by atoms with E-state index in [1.165, 1.54) is 0 Å². The van der Waals surface area contributed by atoms with Crippen LogP contribution in [0.1, 0.15) is 19.8 Å². The van der Waals surface area contributed by atoms with Crippen molar-refractivity contribution in [3.05, 3.63) is 16.3 Å². The Bertz CT molecular complexity index is 473. The van der Waals surface area contributed by atoms with E-state index in [-0.39, 0.29) is 17.5 Å². The molecular weight excluding hydrogens is 260 g/mol. The molecule has 1 aliphatic heterocycles. The summed E-state index contributed by atoms with van der Waals surface area (Å²) >= 11 is 0. The van der Waals surface area contributed by atoms with Crippen LogP contribution < -0.4 is 11.1 Å². The Hall–Kier alpha value is -1.96. The molecule has 2 heterocycles. The van der Waals surface area contributed by atoms with Crippen LogP contribution in [0.15, 0.2) is 6.20 Å². The van der Waals surface area contributed by atoms with Gasteiger partial charge in [-0.1, -0.05) is 6.92 Å². The topological polar surface area (TPSA) is 110 Å². The molecule has 1 aliphatic rings. The number of anilines is 2. The van der Waals surface area contributed by atoms with Gasteiger partial charge in [0.2, 0.25) is 11.8 Å². The van der Waals surface area contributed by atoms with Crippen molar-refractivity contribution < 1.29 is 4.92 Å². The highest BCUT2D eigenvalue weighted by molar-refractivity contribution is 5.56. The molecule has 0 bridgehead atoms. The van der Waals surface area contributed by atoms with Gasteiger partial charge in [-0.25, -0.2) is 4.98 Å². The molecule has 0 radical (unpaired) electrons. The van der Waals surface area contributed by atoms with Gasteiger partial charge in [-0.15, -0.1) is 0 Å². The van der Waals surface area contributed by atoms with Gasteiger partial charge in [-0.05, 0) is 38.4 Å². The lowest BCUT2D eigenvalue weighted by Gasteiger charge is -2.31. The molecule has 0 aliphatic carbocycles. The second-order valence-corrected chi connectivity index (χ2v) is 4.98. The number of rotatable bonds is 5. The zero-order valence-electron chi connectivity index (χ0n) is 11.6. The maximum atomic E-state index is 10.9. The second kappa shape index (κ2) is 6.47. The first kappa shape index (κ1) is 14.4. The number of hydrogen-bond donors (Lipinski definition) is 2. The fraction of sp³-hybridized carbons (Fsp3) is 0.667. The summed E-state index contributed by atoms with van der Waals surface area (Å²) in [6.07, 6.45) is 3.33. The van der Waals surface area contributed by atoms with E-state index in [1.54, 1.807) is 0 Å². The summed E-state index contributed by atoms with van der Waals surface area (Å²) in [5, 5.41) is 14.0. The number of piperidine rings is 1. The summed E-state index contributed by atoms with van der Waals surface area (Å²) < 4.78 is 0. The average molecular weight is 280 g/mol. The number of hydrogen-bond acceptors (Lipinski definition) is 7. The second-order valence-electron chi connectivity index (χ2n) is 4.98. The number of likely N-dealkylation sites (tertiary alicyclic amines) is 1. The van der Waals surface area contributed by atoms with Crippen molar-refractivity contribution in [1.82, 2.24) is 14.9 Å². The third-order valence-electron chi connectivity index (χ3n) is 3.70. The molecule has 1 aromatic rings. The van der Waals surface area contributed by atoms with Gasteiger partial charge in [0.25, 0.3) is 0 Å². The Kier molecular flexibility index (Phi) is 4.67. The van der Waals surface area contributed by atoms with Crippen molar-refractivity contribution in [1.29, 1.82) is 0 Å². The summed E-state index contributed by atoms with van der Waals surface area (Å²) in [4.78, 5) is 20.4. The zero-order valence-corrected chi connectivity index (χ0v) is 11.6. The van der Waals surface area contributed by atoms with Crippen molar-refractivity contribution in [3.8, 4) is 0 Å². The fourth-order valence-corrected chi connectivity index (χ4v) is 2.40. The van der Waals surface area contributed by atoms with E-state index in [2.05, 4.69) is 27.1 Å². The van der Waals surface area contributed by atoms with E-state index >= 15 is 0 Å². The van der Waals surface area contributed by atoms with Gasteiger partial charge in [-0.2, -0.15) is 4.98 Å². The van der Waals surface area contributed by atoms with Gasteiger partial charge >= 0.3 is 5.69 Å². The first-order valence-corrected chi connectivity index (χ1v) is 6.83. The lowest BCUT2D eigenvalue weighted by Crippen LogP contribution is -2.35. The molecule has 0 atom stereocenters. The molecule has 8 heteroatoms. The van der Waals surface area contributed by atoms with E-state index < -0.39 is 4.92 Å². The van der Waals surface area contributed by atoms with Crippen LogP contribution >= 0.6 is 0 Å². The SMILES string of the molecule is CCN1CCC(CNc2nc(N)ncc2[N+](=O)[O-])CC1. The van der Waals surface area contributed by atoms with E-state index in [4.69, 9.17) is 5.73 Å². The molecule has 2 rings (SSSR count). The number of nitrogens with zero attached hydrogens (tertiary/aromatic N) is 4. The lowest BCUT2D eigenvalue weighted by atomic mass is 9.97. The quantitative estimate of drug-likeness (QED) is 0.614. The van der Waals surface area contributed by atoms with Crippen molar-refractivity contribution in [2.75, 3.05) is 37.2 Å². The number of nitrogens with two attached hydrogens (primary N) is 1. The van der Waals surface area contributed by atoms with Gasteiger partial charge in [0.15, 0.2) is 0 Å². The molecule has 1 saturated heterocycles. The van der Waals surface area contributed by atoms with E-state index in [1.807, 2.05) is 0 Å². The summed E-state index contributed by atoms with van der Waals surface area (Å²) in [6.45, 7) is 6.07. The van der Waals surface area contributed by atoms with Crippen molar-refractivity contribution >= 4 is 17.5 Å². The fourth-order valence-electron chi connectivity index (χ4n) is 2.40. The molecule has 110 valence electrons. The van der Waals surface area contributed by atoms with Crippen LogP contribution in [0.2, 0.25) is 0 Å². The Morgan fingerprint density at radius 1 is 1.55 bits per heavy atom. The molecule has 1 fully saturated rings. The highest BCUT2D eigenvalue weighted by atomic mass is 16.6. The lowest BCUT2D eigenvalue weighted by molar-refractivity contribution is -0.384. The molecule has 0 aromatic carbocycles. The molecule has 0 saturated carbocycles. The summed E-state index contributed by atoms with van der Waals surface area (Å²) in [7, 11) is 0. The van der Waals surface area contributed by atoms with Crippen LogP contribution in [0.25, 0.3) is 0 Å². The van der Waals surface area contributed by atoms with E-state index in [9.17, 15) is 10.1 Å². The highest BCUT2D eigenvalue weighted by Gasteiger charge is 2.21. The Morgan fingerprint density at radius 2 is 2.25 bits per heavy atom. The average Bonchev–Trinajstić information content (AvgIpc) is 2.45. The maximum Gasteiger partial charge on any atom is 0.329 e. The van der Waals surface area contributed by atoms with Gasteiger partial charge in [0.1, 0.15) is 6.20 Å². The van der Waals surface area contributed by atoms with Crippen LogP contribution in [-0.2, 0) is 0 Å². The molecular formula is C12H20N6O2. The van der Waals surface area contributed by atoms with E-state index in [0.29, 0.717) is 12.5 Å². The zero-order chi connectivity index (χ0) is 14.5. The Labute approximate surface area is 117 Å². The van der Waals surface area contributed by atoms with Crippen LogP contribution in [-0.4, -0.2) is 46.0 Å². The molecule has 0 amide bonds. The van der Waals surface area contributed by atoms with Crippen LogP contribution in [0.3, 0.4) is 0 Å². The summed E-state index contributed by atoms with van der Waals surface area (Å²) in [5.41, 5.74) is 5.35. The third-order valence-corrected chi connectivity index (χ3v) is 3.70. The molecule has 0 spiro atoms. The number of aromatic nitrogens is 2. The van der Waals surface area contributed by atoms with Gasteiger partial charge in [-0.3, -0.25) is 10.1 Å². The normalized spacial score (nSPS) is 17.1. The molecule has 3 N–H and O–H groups in total. The predicted octanol–water partition coefficient (Wildman–Crippen LogP) is 1.11. The van der Waals surface area contributed by atoms with Crippen molar-refractivity contribution in [2.24, 2.45) is 5.92 Å². The van der Waals surface area contributed by atoms with Crippen LogP contribution in [0.4, 0.5) is 17.5 Å². The first-order valence-electron chi connectivity index (χ1n) is 6.83. The highest BCUT2D eigenvalue weighted by Crippen LogP contribution is 2.23. The molecule has 8 nitrogen and oxygen atoms in total. The minimum Gasteiger partial charge on any atom is -0.368 e. The van der Waals surface area contributed by atoms with Crippen LogP contribution in [0.5, 0.6) is 0 Å². The first-order chi connectivity index (χ1) is 9.60. The minimum atomic E-state index is -0.499. The van der Waals surface area contributed by atoms with Crippen molar-refractivity contribution in [3.63, 3.8) is 0 Å².